The first-order valence-electron chi connectivity index (χ1n) is 7.32. The Hall–Kier alpha value is -1.46. The molecule has 0 bridgehead atoms. The van der Waals surface area contributed by atoms with Crippen LogP contribution in [0.15, 0.2) is 6.20 Å². The molecule has 0 unspecified atom stereocenters. The molecule has 0 amide bonds. The molecule has 5 nitrogen and oxygen atoms in total. The van der Waals surface area contributed by atoms with Crippen molar-refractivity contribution in [1.29, 1.82) is 0 Å². The van der Waals surface area contributed by atoms with Gasteiger partial charge in [-0.05, 0) is 18.9 Å². The Morgan fingerprint density at radius 2 is 2.19 bits per heavy atom. The summed E-state index contributed by atoms with van der Waals surface area (Å²) in [7, 11) is 1.88. The summed E-state index contributed by atoms with van der Waals surface area (Å²) in [6.45, 7) is 6.78. The lowest BCUT2D eigenvalue weighted by Gasteiger charge is -2.27. The molecule has 0 radical (unpaired) electrons. The van der Waals surface area contributed by atoms with Gasteiger partial charge in [0.25, 0.3) is 0 Å². The average molecular weight is 306 g/mol. The number of rotatable bonds is 3. The van der Waals surface area contributed by atoms with Crippen LogP contribution in [0.3, 0.4) is 0 Å². The van der Waals surface area contributed by atoms with Crippen LogP contribution in [0.1, 0.15) is 35.3 Å². The van der Waals surface area contributed by atoms with E-state index < -0.39 is 0 Å². The van der Waals surface area contributed by atoms with Gasteiger partial charge >= 0.3 is 0 Å². The molecule has 0 N–H and O–H groups in total. The van der Waals surface area contributed by atoms with E-state index in [0.29, 0.717) is 0 Å². The summed E-state index contributed by atoms with van der Waals surface area (Å²) in [5.74, 6) is 0.922. The highest BCUT2D eigenvalue weighted by molar-refractivity contribution is 6.30. The van der Waals surface area contributed by atoms with Crippen molar-refractivity contribution in [2.75, 3.05) is 6.54 Å². The van der Waals surface area contributed by atoms with Crippen LogP contribution in [0, 0.1) is 6.92 Å². The van der Waals surface area contributed by atoms with Crippen molar-refractivity contribution in [2.45, 2.75) is 39.8 Å². The van der Waals surface area contributed by atoms with E-state index in [2.05, 4.69) is 26.9 Å². The third-order valence-corrected chi connectivity index (χ3v) is 4.52. The SMILES string of the molecule is CCc1ncc2c(n1)CN(Cc1c(C)nn(C)c1Cl)CC2. The van der Waals surface area contributed by atoms with E-state index in [9.17, 15) is 0 Å². The van der Waals surface area contributed by atoms with E-state index >= 15 is 0 Å². The smallest absolute Gasteiger partial charge is 0.131 e. The zero-order valence-electron chi connectivity index (χ0n) is 12.7. The van der Waals surface area contributed by atoms with Gasteiger partial charge in [0, 0.05) is 44.9 Å². The summed E-state index contributed by atoms with van der Waals surface area (Å²) in [6, 6.07) is 0. The van der Waals surface area contributed by atoms with Gasteiger partial charge in [-0.2, -0.15) is 5.10 Å². The minimum absolute atomic E-state index is 0.732. The van der Waals surface area contributed by atoms with Crippen molar-refractivity contribution < 1.29 is 0 Å². The topological polar surface area (TPSA) is 46.8 Å². The first-order chi connectivity index (χ1) is 10.1. The predicted molar refractivity (Wildman–Crippen MR) is 82.2 cm³/mol. The monoisotopic (exact) mass is 305 g/mol. The standard InChI is InChI=1S/C15H20ClN5/c1-4-14-17-7-11-5-6-21(9-13(11)18-14)8-12-10(2)19-20(3)15(12)16/h7H,4-6,8-9H2,1-3H3. The molecule has 0 saturated carbocycles. The molecule has 0 saturated heterocycles. The quantitative estimate of drug-likeness (QED) is 0.873. The Bertz CT molecular complexity index is 664. The Labute approximate surface area is 130 Å². The molecule has 6 heteroatoms. The summed E-state index contributed by atoms with van der Waals surface area (Å²) in [5, 5.41) is 5.11. The van der Waals surface area contributed by atoms with Crippen molar-refractivity contribution in [1.82, 2.24) is 24.6 Å². The molecular formula is C15H20ClN5. The molecule has 1 aliphatic heterocycles. The van der Waals surface area contributed by atoms with Crippen molar-refractivity contribution in [3.63, 3.8) is 0 Å². The number of fused-ring (bicyclic) bond motifs is 1. The number of nitrogens with zero attached hydrogens (tertiary/aromatic N) is 5. The number of hydrogen-bond donors (Lipinski definition) is 0. The van der Waals surface area contributed by atoms with Crippen LogP contribution >= 0.6 is 11.6 Å². The first kappa shape index (κ1) is 14.5. The zero-order chi connectivity index (χ0) is 15.0. The highest BCUT2D eigenvalue weighted by atomic mass is 35.5. The Kier molecular flexibility index (Phi) is 3.95. The first-order valence-corrected chi connectivity index (χ1v) is 7.70. The summed E-state index contributed by atoms with van der Waals surface area (Å²) >= 11 is 6.33. The molecule has 3 rings (SSSR count). The predicted octanol–water partition coefficient (Wildman–Crippen LogP) is 2.29. The lowest BCUT2D eigenvalue weighted by atomic mass is 10.1. The molecule has 0 aliphatic carbocycles. The number of halogens is 1. The summed E-state index contributed by atoms with van der Waals surface area (Å²) in [4.78, 5) is 11.4. The van der Waals surface area contributed by atoms with Gasteiger partial charge in [0.1, 0.15) is 11.0 Å². The van der Waals surface area contributed by atoms with Gasteiger partial charge in [0.2, 0.25) is 0 Å². The van der Waals surface area contributed by atoms with Gasteiger partial charge in [-0.3, -0.25) is 9.58 Å². The fourth-order valence-corrected chi connectivity index (χ4v) is 3.02. The van der Waals surface area contributed by atoms with Gasteiger partial charge in [0.15, 0.2) is 0 Å². The Morgan fingerprint density at radius 1 is 1.38 bits per heavy atom. The number of aromatic nitrogens is 4. The van der Waals surface area contributed by atoms with Crippen molar-refractivity contribution >= 4 is 11.6 Å². The van der Waals surface area contributed by atoms with E-state index in [0.717, 1.165) is 60.4 Å². The Morgan fingerprint density at radius 3 is 2.86 bits per heavy atom. The van der Waals surface area contributed by atoms with Crippen LogP contribution in [0.4, 0.5) is 0 Å². The lowest BCUT2D eigenvalue weighted by molar-refractivity contribution is 0.240. The van der Waals surface area contributed by atoms with E-state index in [1.807, 2.05) is 20.2 Å². The molecule has 0 atom stereocenters. The summed E-state index contributed by atoms with van der Waals surface area (Å²) < 4.78 is 1.74. The third kappa shape index (κ3) is 2.80. The number of hydrogen-bond acceptors (Lipinski definition) is 4. The van der Waals surface area contributed by atoms with Crippen LogP contribution in [0.5, 0.6) is 0 Å². The highest BCUT2D eigenvalue weighted by Crippen LogP contribution is 2.24. The highest BCUT2D eigenvalue weighted by Gasteiger charge is 2.21. The zero-order valence-corrected chi connectivity index (χ0v) is 13.5. The largest absolute Gasteiger partial charge is 0.293 e. The maximum Gasteiger partial charge on any atom is 0.131 e. The average Bonchev–Trinajstić information content (AvgIpc) is 2.73. The fraction of sp³-hybridized carbons (Fsp3) is 0.533. The number of aryl methyl sites for hydroxylation is 3. The minimum Gasteiger partial charge on any atom is -0.293 e. The van der Waals surface area contributed by atoms with E-state index in [-0.39, 0.29) is 0 Å². The Balaban J connectivity index is 1.79. The molecule has 1 aliphatic rings. The molecule has 3 heterocycles. The third-order valence-electron chi connectivity index (χ3n) is 4.04. The second-order valence-corrected chi connectivity index (χ2v) is 5.91. The maximum atomic E-state index is 6.33. The lowest BCUT2D eigenvalue weighted by Crippen LogP contribution is -2.31. The second kappa shape index (κ2) is 5.73. The molecule has 2 aromatic heterocycles. The van der Waals surface area contributed by atoms with Crippen molar-refractivity contribution in [3.05, 3.63) is 39.7 Å². The molecular weight excluding hydrogens is 286 g/mol. The van der Waals surface area contributed by atoms with E-state index in [1.54, 1.807) is 4.68 Å². The van der Waals surface area contributed by atoms with Crippen LogP contribution < -0.4 is 0 Å². The molecule has 112 valence electrons. The van der Waals surface area contributed by atoms with E-state index in [1.165, 1.54) is 5.56 Å². The second-order valence-electron chi connectivity index (χ2n) is 5.55. The van der Waals surface area contributed by atoms with Gasteiger partial charge in [-0.15, -0.1) is 0 Å². The molecule has 21 heavy (non-hydrogen) atoms. The minimum atomic E-state index is 0.732. The van der Waals surface area contributed by atoms with Gasteiger partial charge < -0.3 is 0 Å². The van der Waals surface area contributed by atoms with Gasteiger partial charge in [0.05, 0.1) is 11.4 Å². The van der Waals surface area contributed by atoms with E-state index in [4.69, 9.17) is 11.6 Å². The van der Waals surface area contributed by atoms with Crippen LogP contribution in [-0.2, 0) is 33.0 Å². The van der Waals surface area contributed by atoms with Crippen LogP contribution in [-0.4, -0.2) is 31.2 Å². The summed E-state index contributed by atoms with van der Waals surface area (Å²) in [6.07, 6.45) is 3.86. The van der Waals surface area contributed by atoms with Gasteiger partial charge in [-0.25, -0.2) is 9.97 Å². The normalized spacial score (nSPS) is 15.2. The molecule has 0 fully saturated rings. The maximum absolute atomic E-state index is 6.33. The molecule has 0 aromatic carbocycles. The van der Waals surface area contributed by atoms with Crippen molar-refractivity contribution in [2.24, 2.45) is 7.05 Å². The molecule has 2 aromatic rings. The van der Waals surface area contributed by atoms with Crippen molar-refractivity contribution in [3.8, 4) is 0 Å². The summed E-state index contributed by atoms with van der Waals surface area (Å²) in [5.41, 5.74) is 4.56. The van der Waals surface area contributed by atoms with Crippen LogP contribution in [0.25, 0.3) is 0 Å². The van der Waals surface area contributed by atoms with Crippen LogP contribution in [0.2, 0.25) is 5.15 Å². The molecule has 0 spiro atoms. The van der Waals surface area contributed by atoms with Gasteiger partial charge in [-0.1, -0.05) is 18.5 Å². The fourth-order valence-electron chi connectivity index (χ4n) is 2.78.